The Labute approximate surface area is 78.2 Å². The molecule has 13 heavy (non-hydrogen) atoms. The molecule has 1 heterocycles. The Kier molecular flexibility index (Phi) is 3.31. The number of fused-ring (bicyclic) bond motifs is 1. The molecule has 0 spiro atoms. The SMILES string of the molecule is CC.O=C1NCNc2ccccc21. The number of hydrogen-bond donors (Lipinski definition) is 2. The second-order valence-corrected chi connectivity index (χ2v) is 2.41. The van der Waals surface area contributed by atoms with Crippen LogP contribution in [-0.4, -0.2) is 12.6 Å². The van der Waals surface area contributed by atoms with Gasteiger partial charge in [-0.3, -0.25) is 4.79 Å². The molecule has 2 N–H and O–H groups in total. The van der Waals surface area contributed by atoms with Crippen molar-refractivity contribution in [2.24, 2.45) is 0 Å². The first-order valence-corrected chi connectivity index (χ1v) is 4.49. The van der Waals surface area contributed by atoms with E-state index >= 15 is 0 Å². The topological polar surface area (TPSA) is 41.1 Å². The zero-order chi connectivity index (χ0) is 9.68. The van der Waals surface area contributed by atoms with E-state index in [1.54, 1.807) is 6.07 Å². The zero-order valence-electron chi connectivity index (χ0n) is 7.92. The van der Waals surface area contributed by atoms with Crippen LogP contribution in [0.3, 0.4) is 0 Å². The predicted molar refractivity (Wildman–Crippen MR) is 53.7 cm³/mol. The summed E-state index contributed by atoms with van der Waals surface area (Å²) in [7, 11) is 0. The van der Waals surface area contributed by atoms with Gasteiger partial charge < -0.3 is 10.6 Å². The van der Waals surface area contributed by atoms with E-state index in [-0.39, 0.29) is 5.91 Å². The van der Waals surface area contributed by atoms with E-state index in [0.717, 1.165) is 11.3 Å². The number of carbonyl (C=O) groups is 1. The lowest BCUT2D eigenvalue weighted by Gasteiger charge is -2.17. The lowest BCUT2D eigenvalue weighted by molar-refractivity contribution is 0.0953. The third-order valence-corrected chi connectivity index (χ3v) is 1.70. The molecule has 1 aromatic rings. The fourth-order valence-corrected chi connectivity index (χ4v) is 1.15. The highest BCUT2D eigenvalue weighted by Crippen LogP contribution is 2.16. The van der Waals surface area contributed by atoms with Gasteiger partial charge in [0.25, 0.3) is 5.91 Å². The van der Waals surface area contributed by atoms with Gasteiger partial charge in [-0.2, -0.15) is 0 Å². The number of rotatable bonds is 0. The van der Waals surface area contributed by atoms with Gasteiger partial charge in [-0.05, 0) is 12.1 Å². The molecule has 1 amide bonds. The Morgan fingerprint density at radius 1 is 1.15 bits per heavy atom. The largest absolute Gasteiger partial charge is 0.367 e. The van der Waals surface area contributed by atoms with E-state index in [9.17, 15) is 4.79 Å². The molecule has 0 saturated carbocycles. The van der Waals surface area contributed by atoms with Gasteiger partial charge in [0.2, 0.25) is 0 Å². The molecule has 0 aliphatic carbocycles. The average molecular weight is 178 g/mol. The molecule has 2 rings (SSSR count). The van der Waals surface area contributed by atoms with Gasteiger partial charge in [-0.1, -0.05) is 26.0 Å². The van der Waals surface area contributed by atoms with Crippen molar-refractivity contribution in [2.75, 3.05) is 12.0 Å². The highest BCUT2D eigenvalue weighted by atomic mass is 16.1. The summed E-state index contributed by atoms with van der Waals surface area (Å²) >= 11 is 0. The second kappa shape index (κ2) is 4.50. The summed E-state index contributed by atoms with van der Waals surface area (Å²) in [6.45, 7) is 4.52. The normalized spacial score (nSPS) is 12.9. The van der Waals surface area contributed by atoms with Crippen LogP contribution >= 0.6 is 0 Å². The van der Waals surface area contributed by atoms with E-state index in [2.05, 4.69) is 10.6 Å². The summed E-state index contributed by atoms with van der Waals surface area (Å²) < 4.78 is 0. The smallest absolute Gasteiger partial charge is 0.254 e. The van der Waals surface area contributed by atoms with Crippen molar-refractivity contribution >= 4 is 11.6 Å². The highest BCUT2D eigenvalue weighted by molar-refractivity contribution is 6.01. The van der Waals surface area contributed by atoms with Crippen LogP contribution in [0.15, 0.2) is 24.3 Å². The molecule has 1 aliphatic heterocycles. The van der Waals surface area contributed by atoms with Crippen molar-refractivity contribution in [3.63, 3.8) is 0 Å². The average Bonchev–Trinajstić information content (AvgIpc) is 2.22. The molecule has 0 aromatic heterocycles. The maximum atomic E-state index is 11.1. The van der Waals surface area contributed by atoms with Gasteiger partial charge in [0.1, 0.15) is 0 Å². The first-order chi connectivity index (χ1) is 6.38. The molecule has 0 atom stereocenters. The van der Waals surface area contributed by atoms with E-state index in [1.807, 2.05) is 32.0 Å². The van der Waals surface area contributed by atoms with E-state index in [0.29, 0.717) is 6.67 Å². The predicted octanol–water partition coefficient (Wildman–Crippen LogP) is 1.83. The molecule has 0 radical (unpaired) electrons. The minimum absolute atomic E-state index is 0.000602. The summed E-state index contributed by atoms with van der Waals surface area (Å²) in [5.41, 5.74) is 1.63. The number of hydrogen-bond acceptors (Lipinski definition) is 2. The van der Waals surface area contributed by atoms with Crippen LogP contribution in [0, 0.1) is 0 Å². The van der Waals surface area contributed by atoms with Gasteiger partial charge in [-0.15, -0.1) is 0 Å². The van der Waals surface area contributed by atoms with Crippen LogP contribution in [0.2, 0.25) is 0 Å². The van der Waals surface area contributed by atoms with E-state index in [4.69, 9.17) is 0 Å². The molecule has 0 fully saturated rings. The quantitative estimate of drug-likeness (QED) is 0.636. The molecular weight excluding hydrogens is 164 g/mol. The van der Waals surface area contributed by atoms with Gasteiger partial charge in [0, 0.05) is 5.69 Å². The summed E-state index contributed by atoms with van der Waals surface area (Å²) in [5, 5.41) is 5.75. The molecular formula is C10H14N2O. The molecule has 0 saturated heterocycles. The van der Waals surface area contributed by atoms with E-state index < -0.39 is 0 Å². The molecule has 1 aliphatic rings. The first-order valence-electron chi connectivity index (χ1n) is 4.49. The Morgan fingerprint density at radius 2 is 1.85 bits per heavy atom. The lowest BCUT2D eigenvalue weighted by Crippen LogP contribution is -2.34. The Morgan fingerprint density at radius 3 is 2.54 bits per heavy atom. The minimum Gasteiger partial charge on any atom is -0.367 e. The molecule has 3 heteroatoms. The van der Waals surface area contributed by atoms with Crippen molar-refractivity contribution < 1.29 is 4.79 Å². The fourth-order valence-electron chi connectivity index (χ4n) is 1.15. The third-order valence-electron chi connectivity index (χ3n) is 1.70. The molecule has 0 unspecified atom stereocenters. The van der Waals surface area contributed by atoms with Crippen molar-refractivity contribution in [1.82, 2.24) is 5.32 Å². The van der Waals surface area contributed by atoms with Crippen LogP contribution in [-0.2, 0) is 0 Å². The first kappa shape index (κ1) is 9.58. The number of nitrogens with one attached hydrogen (secondary N) is 2. The third kappa shape index (κ3) is 1.99. The van der Waals surface area contributed by atoms with Crippen molar-refractivity contribution in [2.45, 2.75) is 13.8 Å². The molecule has 1 aromatic carbocycles. The van der Waals surface area contributed by atoms with Gasteiger partial charge in [0.15, 0.2) is 0 Å². The maximum absolute atomic E-state index is 11.1. The summed E-state index contributed by atoms with van der Waals surface area (Å²) in [6, 6.07) is 7.46. The highest BCUT2D eigenvalue weighted by Gasteiger charge is 2.13. The van der Waals surface area contributed by atoms with Gasteiger partial charge in [-0.25, -0.2) is 0 Å². The summed E-state index contributed by atoms with van der Waals surface area (Å²) in [4.78, 5) is 11.1. The number of amides is 1. The van der Waals surface area contributed by atoms with Crippen LogP contribution in [0.1, 0.15) is 24.2 Å². The van der Waals surface area contributed by atoms with Crippen LogP contribution in [0.4, 0.5) is 5.69 Å². The standard InChI is InChI=1S/C8H8N2O.C2H6/c11-8-6-3-1-2-4-7(6)9-5-10-8;1-2/h1-4,9H,5H2,(H,10,11);1-2H3. The van der Waals surface area contributed by atoms with Gasteiger partial charge in [0.05, 0.1) is 12.2 Å². The lowest BCUT2D eigenvalue weighted by atomic mass is 10.1. The molecule has 3 nitrogen and oxygen atoms in total. The minimum atomic E-state index is -0.000602. The molecule has 0 bridgehead atoms. The van der Waals surface area contributed by atoms with Crippen LogP contribution in [0.25, 0.3) is 0 Å². The zero-order valence-corrected chi connectivity index (χ0v) is 7.92. The number of para-hydroxylation sites is 1. The van der Waals surface area contributed by atoms with E-state index in [1.165, 1.54) is 0 Å². The maximum Gasteiger partial charge on any atom is 0.254 e. The molecule has 70 valence electrons. The summed E-state index contributed by atoms with van der Waals surface area (Å²) in [5.74, 6) is -0.000602. The van der Waals surface area contributed by atoms with Crippen molar-refractivity contribution in [3.8, 4) is 0 Å². The Hall–Kier alpha value is -1.51. The second-order valence-electron chi connectivity index (χ2n) is 2.41. The Balaban J connectivity index is 0.000000396. The monoisotopic (exact) mass is 178 g/mol. The summed E-state index contributed by atoms with van der Waals surface area (Å²) in [6.07, 6.45) is 0. The van der Waals surface area contributed by atoms with Gasteiger partial charge >= 0.3 is 0 Å². The van der Waals surface area contributed by atoms with Crippen LogP contribution in [0.5, 0.6) is 0 Å². The fraction of sp³-hybridized carbons (Fsp3) is 0.300. The number of benzene rings is 1. The number of carbonyl (C=O) groups excluding carboxylic acids is 1. The van der Waals surface area contributed by atoms with Crippen molar-refractivity contribution in [1.29, 1.82) is 0 Å². The number of anilines is 1. The van der Waals surface area contributed by atoms with Crippen LogP contribution < -0.4 is 10.6 Å². The van der Waals surface area contributed by atoms with Crippen molar-refractivity contribution in [3.05, 3.63) is 29.8 Å². The Bertz CT molecular complexity index is 297.